The molecule has 0 spiro atoms. The van der Waals surface area contributed by atoms with Crippen molar-refractivity contribution >= 4 is 32.9 Å². The fraction of sp³-hybridized carbons (Fsp3) is 0.353. The number of hydrogen-bond donors (Lipinski definition) is 1. The Morgan fingerprint density at radius 2 is 2.11 bits per heavy atom. The molecule has 8 nitrogen and oxygen atoms in total. The summed E-state index contributed by atoms with van der Waals surface area (Å²) in [6, 6.07) is 8.56. The van der Waals surface area contributed by atoms with E-state index in [1.807, 2.05) is 35.7 Å². The molecule has 0 saturated carbocycles. The molecule has 0 fully saturated rings. The van der Waals surface area contributed by atoms with E-state index in [9.17, 15) is 13.2 Å². The zero-order valence-electron chi connectivity index (χ0n) is 15.1. The highest BCUT2D eigenvalue weighted by molar-refractivity contribution is 7.91. The summed E-state index contributed by atoms with van der Waals surface area (Å²) in [5.41, 5.74) is 0.717. The fourth-order valence-corrected chi connectivity index (χ4v) is 5.09. The van der Waals surface area contributed by atoms with E-state index in [1.165, 1.54) is 22.7 Å². The van der Waals surface area contributed by atoms with Gasteiger partial charge in [-0.2, -0.15) is 0 Å². The maximum absolute atomic E-state index is 12.3. The highest BCUT2D eigenvalue weighted by Gasteiger charge is 2.22. The zero-order chi connectivity index (χ0) is 19.4. The number of rotatable bonds is 8. The van der Waals surface area contributed by atoms with Crippen LogP contribution in [0.2, 0.25) is 0 Å². The van der Waals surface area contributed by atoms with E-state index in [0.717, 1.165) is 0 Å². The predicted molar refractivity (Wildman–Crippen MR) is 103 cm³/mol. The summed E-state index contributed by atoms with van der Waals surface area (Å²) in [6.45, 7) is 2.12. The molecule has 3 aromatic heterocycles. The molecule has 3 rings (SSSR count). The number of fused-ring (bicyclic) bond motifs is 1. The Kier molecular flexibility index (Phi) is 5.88. The summed E-state index contributed by atoms with van der Waals surface area (Å²) in [7, 11) is -1.95. The SMILES string of the molecule is CC(NC(=O)CCCN(C)S(=O)(=O)c1cccs1)c1nnc2ccccn12. The van der Waals surface area contributed by atoms with Crippen LogP contribution in [0.1, 0.15) is 31.6 Å². The highest BCUT2D eigenvalue weighted by atomic mass is 32.2. The van der Waals surface area contributed by atoms with Crippen molar-refractivity contribution in [3.8, 4) is 0 Å². The Morgan fingerprint density at radius 3 is 2.85 bits per heavy atom. The second-order valence-corrected chi connectivity index (χ2v) is 9.36. The predicted octanol–water partition coefficient (Wildman–Crippen LogP) is 2.07. The summed E-state index contributed by atoms with van der Waals surface area (Å²) < 4.78 is 28.1. The lowest BCUT2D eigenvalue weighted by Gasteiger charge is -2.16. The summed E-state index contributed by atoms with van der Waals surface area (Å²) in [6.07, 6.45) is 2.50. The van der Waals surface area contributed by atoms with E-state index in [1.54, 1.807) is 17.5 Å². The number of carbonyl (C=O) groups is 1. The molecule has 10 heteroatoms. The van der Waals surface area contributed by atoms with Crippen LogP contribution < -0.4 is 5.32 Å². The van der Waals surface area contributed by atoms with E-state index < -0.39 is 10.0 Å². The van der Waals surface area contributed by atoms with Crippen LogP contribution in [-0.4, -0.2) is 46.8 Å². The molecule has 1 atom stereocenters. The van der Waals surface area contributed by atoms with E-state index in [-0.39, 0.29) is 24.9 Å². The Labute approximate surface area is 161 Å². The van der Waals surface area contributed by atoms with E-state index in [4.69, 9.17) is 0 Å². The van der Waals surface area contributed by atoms with Crippen LogP contribution >= 0.6 is 11.3 Å². The van der Waals surface area contributed by atoms with Gasteiger partial charge in [-0.3, -0.25) is 9.20 Å². The molecule has 1 amide bonds. The monoisotopic (exact) mass is 407 g/mol. The molecule has 1 N–H and O–H groups in total. The first-order chi connectivity index (χ1) is 12.9. The number of aromatic nitrogens is 3. The summed E-state index contributed by atoms with van der Waals surface area (Å²) in [5.74, 6) is 0.494. The highest BCUT2D eigenvalue weighted by Crippen LogP contribution is 2.20. The lowest BCUT2D eigenvalue weighted by molar-refractivity contribution is -0.121. The number of pyridine rings is 1. The number of thiophene rings is 1. The summed E-state index contributed by atoms with van der Waals surface area (Å²) in [4.78, 5) is 12.2. The van der Waals surface area contributed by atoms with Gasteiger partial charge < -0.3 is 5.32 Å². The van der Waals surface area contributed by atoms with Crippen LogP contribution in [-0.2, 0) is 14.8 Å². The maximum Gasteiger partial charge on any atom is 0.252 e. The van der Waals surface area contributed by atoms with Gasteiger partial charge in [-0.1, -0.05) is 12.1 Å². The molecule has 144 valence electrons. The Morgan fingerprint density at radius 1 is 1.30 bits per heavy atom. The first-order valence-corrected chi connectivity index (χ1v) is 10.8. The molecule has 0 aliphatic heterocycles. The Bertz CT molecular complexity index is 1010. The normalized spacial score (nSPS) is 13.1. The second-order valence-electron chi connectivity index (χ2n) is 6.14. The fourth-order valence-electron chi connectivity index (χ4n) is 2.68. The van der Waals surface area contributed by atoms with Crippen LogP contribution in [0.5, 0.6) is 0 Å². The van der Waals surface area contributed by atoms with Gasteiger partial charge in [-0.05, 0) is 36.9 Å². The minimum absolute atomic E-state index is 0.155. The third-order valence-electron chi connectivity index (χ3n) is 4.14. The zero-order valence-corrected chi connectivity index (χ0v) is 16.7. The van der Waals surface area contributed by atoms with Crippen molar-refractivity contribution in [2.24, 2.45) is 0 Å². The molecular weight excluding hydrogens is 386 g/mol. The number of nitrogens with zero attached hydrogens (tertiary/aromatic N) is 4. The van der Waals surface area contributed by atoms with Crippen molar-refractivity contribution in [1.82, 2.24) is 24.2 Å². The molecule has 0 saturated heterocycles. The average molecular weight is 408 g/mol. The average Bonchev–Trinajstić information content (AvgIpc) is 3.31. The molecule has 0 aromatic carbocycles. The van der Waals surface area contributed by atoms with Gasteiger partial charge in [-0.25, -0.2) is 12.7 Å². The van der Waals surface area contributed by atoms with E-state index in [0.29, 0.717) is 22.1 Å². The van der Waals surface area contributed by atoms with Crippen LogP contribution in [0.25, 0.3) is 5.65 Å². The molecule has 3 heterocycles. The van der Waals surface area contributed by atoms with Crippen molar-refractivity contribution in [3.05, 3.63) is 47.7 Å². The standard InChI is InChI=1S/C17H21N5O3S2/c1-13(17-20-19-14-7-3-4-11-22(14)17)18-15(23)8-5-10-21(2)27(24,25)16-9-6-12-26-16/h3-4,6-7,9,11-13H,5,8,10H2,1-2H3,(H,18,23). The minimum Gasteiger partial charge on any atom is -0.346 e. The van der Waals surface area contributed by atoms with Gasteiger partial charge in [0, 0.05) is 26.2 Å². The van der Waals surface area contributed by atoms with Crippen LogP contribution in [0, 0.1) is 0 Å². The Balaban J connectivity index is 1.51. The van der Waals surface area contributed by atoms with Crippen molar-refractivity contribution < 1.29 is 13.2 Å². The van der Waals surface area contributed by atoms with Gasteiger partial charge in [0.25, 0.3) is 10.0 Å². The largest absolute Gasteiger partial charge is 0.346 e. The molecule has 1 unspecified atom stereocenters. The number of amides is 1. The van der Waals surface area contributed by atoms with Crippen molar-refractivity contribution in [1.29, 1.82) is 0 Å². The number of carbonyl (C=O) groups excluding carboxylic acids is 1. The van der Waals surface area contributed by atoms with Crippen LogP contribution in [0.4, 0.5) is 0 Å². The van der Waals surface area contributed by atoms with E-state index >= 15 is 0 Å². The number of nitrogens with one attached hydrogen (secondary N) is 1. The molecular formula is C17H21N5O3S2. The lowest BCUT2D eigenvalue weighted by atomic mass is 10.2. The second kappa shape index (κ2) is 8.15. The van der Waals surface area contributed by atoms with Gasteiger partial charge in [0.05, 0.1) is 6.04 Å². The number of hydrogen-bond acceptors (Lipinski definition) is 6. The lowest BCUT2D eigenvalue weighted by Crippen LogP contribution is -2.30. The van der Waals surface area contributed by atoms with Crippen molar-refractivity contribution in [2.75, 3.05) is 13.6 Å². The van der Waals surface area contributed by atoms with Crippen molar-refractivity contribution in [3.63, 3.8) is 0 Å². The summed E-state index contributed by atoms with van der Waals surface area (Å²) in [5, 5.41) is 12.8. The molecule has 27 heavy (non-hydrogen) atoms. The molecule has 0 bridgehead atoms. The minimum atomic E-state index is -3.48. The molecule has 3 aromatic rings. The third-order valence-corrected chi connectivity index (χ3v) is 7.37. The third kappa shape index (κ3) is 4.34. The molecule has 0 radical (unpaired) electrons. The van der Waals surface area contributed by atoms with Crippen LogP contribution in [0.15, 0.2) is 46.1 Å². The Hall–Kier alpha value is -2.30. The number of sulfonamides is 1. The van der Waals surface area contributed by atoms with E-state index in [2.05, 4.69) is 15.5 Å². The molecule has 0 aliphatic rings. The van der Waals surface area contributed by atoms with Gasteiger partial charge in [-0.15, -0.1) is 21.5 Å². The first-order valence-electron chi connectivity index (χ1n) is 8.48. The molecule has 0 aliphatic carbocycles. The van der Waals surface area contributed by atoms with Gasteiger partial charge in [0.2, 0.25) is 5.91 Å². The van der Waals surface area contributed by atoms with Crippen molar-refractivity contribution in [2.45, 2.75) is 30.0 Å². The maximum atomic E-state index is 12.3. The van der Waals surface area contributed by atoms with Gasteiger partial charge in [0.15, 0.2) is 11.5 Å². The smallest absolute Gasteiger partial charge is 0.252 e. The first kappa shape index (κ1) is 19.5. The topological polar surface area (TPSA) is 96.7 Å². The quantitative estimate of drug-likeness (QED) is 0.617. The summed E-state index contributed by atoms with van der Waals surface area (Å²) >= 11 is 1.18. The van der Waals surface area contributed by atoms with Crippen LogP contribution in [0.3, 0.4) is 0 Å². The van der Waals surface area contributed by atoms with Gasteiger partial charge in [0.1, 0.15) is 4.21 Å². The van der Waals surface area contributed by atoms with Gasteiger partial charge >= 0.3 is 0 Å².